The van der Waals surface area contributed by atoms with Gasteiger partial charge in [0.25, 0.3) is 5.91 Å². The Labute approximate surface area is 110 Å². The molecule has 0 spiro atoms. The fourth-order valence-corrected chi connectivity index (χ4v) is 1.84. The SMILES string of the molecule is CC(C)CN(C)C(=O)c1ccnc(Cl)c1[N+](=O)[O-]. The van der Waals surface area contributed by atoms with Gasteiger partial charge in [-0.15, -0.1) is 0 Å². The van der Waals surface area contributed by atoms with Gasteiger partial charge in [-0.3, -0.25) is 14.9 Å². The zero-order valence-electron chi connectivity index (χ0n) is 10.4. The Kier molecular flexibility index (Phi) is 4.61. The molecule has 18 heavy (non-hydrogen) atoms. The lowest BCUT2D eigenvalue weighted by atomic mass is 10.1. The van der Waals surface area contributed by atoms with Gasteiger partial charge in [0, 0.05) is 19.8 Å². The molecule has 0 unspecified atom stereocenters. The lowest BCUT2D eigenvalue weighted by Crippen LogP contribution is -2.30. The van der Waals surface area contributed by atoms with Gasteiger partial charge in [0.15, 0.2) is 0 Å². The fraction of sp³-hybridized carbons (Fsp3) is 0.455. The minimum absolute atomic E-state index is 0.0387. The van der Waals surface area contributed by atoms with E-state index >= 15 is 0 Å². The van der Waals surface area contributed by atoms with Crippen LogP contribution in [0.15, 0.2) is 12.3 Å². The van der Waals surface area contributed by atoms with Crippen molar-refractivity contribution in [2.45, 2.75) is 13.8 Å². The molecule has 0 fully saturated rings. The van der Waals surface area contributed by atoms with Crippen molar-refractivity contribution in [3.8, 4) is 0 Å². The quantitative estimate of drug-likeness (QED) is 0.478. The summed E-state index contributed by atoms with van der Waals surface area (Å²) in [7, 11) is 1.60. The van der Waals surface area contributed by atoms with E-state index in [4.69, 9.17) is 11.6 Å². The Hall–Kier alpha value is -1.69. The van der Waals surface area contributed by atoms with Crippen molar-refractivity contribution in [2.75, 3.05) is 13.6 Å². The number of nitro groups is 1. The van der Waals surface area contributed by atoms with Crippen molar-refractivity contribution in [1.82, 2.24) is 9.88 Å². The van der Waals surface area contributed by atoms with Gasteiger partial charge in [0.1, 0.15) is 5.56 Å². The molecule has 0 aliphatic rings. The molecular formula is C11H14ClN3O3. The Morgan fingerprint density at radius 1 is 1.61 bits per heavy atom. The van der Waals surface area contributed by atoms with E-state index in [-0.39, 0.29) is 16.6 Å². The Balaban J connectivity index is 3.13. The maximum absolute atomic E-state index is 12.1. The molecule has 1 aromatic heterocycles. The van der Waals surface area contributed by atoms with Gasteiger partial charge >= 0.3 is 5.69 Å². The van der Waals surface area contributed by atoms with E-state index in [0.29, 0.717) is 6.54 Å². The summed E-state index contributed by atoms with van der Waals surface area (Å²) in [4.78, 5) is 27.4. The molecule has 0 aromatic carbocycles. The van der Waals surface area contributed by atoms with Crippen molar-refractivity contribution >= 4 is 23.2 Å². The maximum atomic E-state index is 12.1. The molecule has 98 valence electrons. The second-order valence-electron chi connectivity index (χ2n) is 4.33. The number of hydrogen-bond acceptors (Lipinski definition) is 4. The van der Waals surface area contributed by atoms with E-state index in [1.807, 2.05) is 13.8 Å². The monoisotopic (exact) mass is 271 g/mol. The second kappa shape index (κ2) is 5.77. The van der Waals surface area contributed by atoms with Gasteiger partial charge < -0.3 is 4.90 Å². The first-order valence-electron chi connectivity index (χ1n) is 5.39. The highest BCUT2D eigenvalue weighted by atomic mass is 35.5. The van der Waals surface area contributed by atoms with Gasteiger partial charge in [-0.05, 0) is 12.0 Å². The number of aromatic nitrogens is 1. The van der Waals surface area contributed by atoms with Crippen LogP contribution in [-0.4, -0.2) is 34.3 Å². The van der Waals surface area contributed by atoms with E-state index < -0.39 is 16.5 Å². The summed E-state index contributed by atoms with van der Waals surface area (Å²) < 4.78 is 0. The fourth-order valence-electron chi connectivity index (χ4n) is 1.61. The lowest BCUT2D eigenvalue weighted by Gasteiger charge is -2.19. The first-order valence-corrected chi connectivity index (χ1v) is 5.76. The molecule has 0 saturated heterocycles. The summed E-state index contributed by atoms with van der Waals surface area (Å²) in [6.45, 7) is 4.42. The third-order valence-electron chi connectivity index (χ3n) is 2.28. The Morgan fingerprint density at radius 3 is 2.72 bits per heavy atom. The number of carbonyl (C=O) groups is 1. The highest BCUT2D eigenvalue weighted by molar-refractivity contribution is 6.32. The molecule has 0 N–H and O–H groups in total. The second-order valence-corrected chi connectivity index (χ2v) is 4.69. The molecule has 0 bridgehead atoms. The van der Waals surface area contributed by atoms with Crippen LogP contribution in [0, 0.1) is 16.0 Å². The Bertz CT molecular complexity index is 477. The molecule has 7 heteroatoms. The zero-order chi connectivity index (χ0) is 13.9. The topological polar surface area (TPSA) is 76.3 Å². The zero-order valence-corrected chi connectivity index (χ0v) is 11.1. The number of amides is 1. The minimum atomic E-state index is -0.689. The summed E-state index contributed by atoms with van der Waals surface area (Å²) in [6.07, 6.45) is 1.28. The van der Waals surface area contributed by atoms with Crippen molar-refractivity contribution in [3.05, 3.63) is 33.1 Å². The van der Waals surface area contributed by atoms with Gasteiger partial charge in [-0.25, -0.2) is 4.98 Å². The molecule has 1 amide bonds. The van der Waals surface area contributed by atoms with Crippen LogP contribution in [-0.2, 0) is 0 Å². The van der Waals surface area contributed by atoms with Gasteiger partial charge in [0.2, 0.25) is 5.15 Å². The van der Waals surface area contributed by atoms with Crippen LogP contribution in [0.1, 0.15) is 24.2 Å². The largest absolute Gasteiger partial charge is 0.341 e. The third kappa shape index (κ3) is 3.16. The smallest absolute Gasteiger partial charge is 0.319 e. The molecule has 1 aromatic rings. The van der Waals surface area contributed by atoms with Crippen LogP contribution >= 0.6 is 11.6 Å². The van der Waals surface area contributed by atoms with E-state index in [9.17, 15) is 14.9 Å². The maximum Gasteiger partial charge on any atom is 0.319 e. The summed E-state index contributed by atoms with van der Waals surface area (Å²) >= 11 is 5.66. The van der Waals surface area contributed by atoms with Crippen molar-refractivity contribution in [2.24, 2.45) is 5.92 Å². The molecule has 1 rings (SSSR count). The number of nitrogens with zero attached hydrogens (tertiary/aromatic N) is 3. The van der Waals surface area contributed by atoms with Crippen LogP contribution in [0.3, 0.4) is 0 Å². The molecule has 0 atom stereocenters. The standard InChI is InChI=1S/C11H14ClN3O3/c1-7(2)6-14(3)11(16)8-4-5-13-10(12)9(8)15(17)18/h4-5,7H,6H2,1-3H3. The first-order chi connectivity index (χ1) is 8.34. The van der Waals surface area contributed by atoms with Gasteiger partial charge in [-0.2, -0.15) is 0 Å². The molecule has 0 aliphatic heterocycles. The van der Waals surface area contributed by atoms with E-state index in [1.54, 1.807) is 7.05 Å². The number of halogens is 1. The van der Waals surface area contributed by atoms with Crippen LogP contribution in [0.5, 0.6) is 0 Å². The average molecular weight is 272 g/mol. The summed E-state index contributed by atoms with van der Waals surface area (Å²) in [5.74, 6) is -0.157. The summed E-state index contributed by atoms with van der Waals surface area (Å²) in [6, 6.07) is 1.31. The molecule has 1 heterocycles. The van der Waals surface area contributed by atoms with Crippen LogP contribution in [0.25, 0.3) is 0 Å². The molecule has 0 radical (unpaired) electrons. The predicted molar refractivity (Wildman–Crippen MR) is 67.7 cm³/mol. The number of hydrogen-bond donors (Lipinski definition) is 0. The number of carbonyl (C=O) groups excluding carboxylic acids is 1. The first kappa shape index (κ1) is 14.4. The highest BCUT2D eigenvalue weighted by Crippen LogP contribution is 2.26. The van der Waals surface area contributed by atoms with Crippen LogP contribution < -0.4 is 0 Å². The Morgan fingerprint density at radius 2 is 2.22 bits per heavy atom. The average Bonchev–Trinajstić information content (AvgIpc) is 2.26. The van der Waals surface area contributed by atoms with E-state index in [1.165, 1.54) is 17.2 Å². The van der Waals surface area contributed by atoms with Crippen molar-refractivity contribution < 1.29 is 9.72 Å². The van der Waals surface area contributed by atoms with Crippen LogP contribution in [0.2, 0.25) is 5.15 Å². The van der Waals surface area contributed by atoms with Crippen molar-refractivity contribution in [1.29, 1.82) is 0 Å². The van der Waals surface area contributed by atoms with Gasteiger partial charge in [-0.1, -0.05) is 25.4 Å². The minimum Gasteiger partial charge on any atom is -0.341 e. The third-order valence-corrected chi connectivity index (χ3v) is 2.55. The van der Waals surface area contributed by atoms with Crippen molar-refractivity contribution in [3.63, 3.8) is 0 Å². The predicted octanol–water partition coefficient (Wildman–Crippen LogP) is 2.37. The number of rotatable bonds is 4. The van der Waals surface area contributed by atoms with Crippen LogP contribution in [0.4, 0.5) is 5.69 Å². The normalized spacial score (nSPS) is 10.5. The molecule has 6 nitrogen and oxygen atoms in total. The number of pyridine rings is 1. The molecule has 0 saturated carbocycles. The summed E-state index contributed by atoms with van der Waals surface area (Å²) in [5.41, 5.74) is -0.483. The lowest BCUT2D eigenvalue weighted by molar-refractivity contribution is -0.385. The molecular weight excluding hydrogens is 258 g/mol. The summed E-state index contributed by atoms with van der Waals surface area (Å²) in [5, 5.41) is 10.6. The highest BCUT2D eigenvalue weighted by Gasteiger charge is 2.26. The van der Waals surface area contributed by atoms with Gasteiger partial charge in [0.05, 0.1) is 4.92 Å². The van der Waals surface area contributed by atoms with E-state index in [0.717, 1.165) is 0 Å². The molecule has 0 aliphatic carbocycles. The van der Waals surface area contributed by atoms with E-state index in [2.05, 4.69) is 4.98 Å².